The largest absolute Gasteiger partial charge is 0.379 e. The van der Waals surface area contributed by atoms with Gasteiger partial charge in [0.25, 0.3) is 0 Å². The maximum Gasteiger partial charge on any atom is 0.115 e. The molecular formula is C14H25N3O. The van der Waals surface area contributed by atoms with E-state index in [1.165, 1.54) is 0 Å². The third kappa shape index (κ3) is 4.03. The van der Waals surface area contributed by atoms with Crippen LogP contribution in [0.5, 0.6) is 0 Å². The molecule has 2 atom stereocenters. The molecule has 1 aromatic rings. The lowest BCUT2D eigenvalue weighted by Gasteiger charge is -2.36. The first-order valence-electron chi connectivity index (χ1n) is 6.51. The van der Waals surface area contributed by atoms with Crippen molar-refractivity contribution < 1.29 is 4.74 Å². The van der Waals surface area contributed by atoms with Crippen LogP contribution in [0.1, 0.15) is 45.7 Å². The molecule has 0 aromatic carbocycles. The molecule has 0 aliphatic carbocycles. The number of hydrogen-bond acceptors (Lipinski definition) is 4. The van der Waals surface area contributed by atoms with E-state index in [-0.39, 0.29) is 17.6 Å². The van der Waals surface area contributed by atoms with Gasteiger partial charge in [-0.05, 0) is 18.4 Å². The van der Waals surface area contributed by atoms with E-state index in [4.69, 9.17) is 4.74 Å². The molecule has 1 N–H and O–H groups in total. The van der Waals surface area contributed by atoms with Crippen LogP contribution in [-0.2, 0) is 4.74 Å². The minimum atomic E-state index is 0.0516. The second-order valence-electron chi connectivity index (χ2n) is 5.63. The Morgan fingerprint density at radius 3 is 2.33 bits per heavy atom. The lowest BCUT2D eigenvalue weighted by molar-refractivity contribution is -0.0120. The van der Waals surface area contributed by atoms with Gasteiger partial charge in [-0.15, -0.1) is 0 Å². The zero-order valence-corrected chi connectivity index (χ0v) is 12.1. The van der Waals surface area contributed by atoms with E-state index in [2.05, 4.69) is 43.0 Å². The SMILES string of the molecule is CCCNC(c1cncnc1)C(OC)C(C)(C)C. The van der Waals surface area contributed by atoms with Crippen LogP contribution >= 0.6 is 0 Å². The van der Waals surface area contributed by atoms with Crippen LogP contribution in [0.15, 0.2) is 18.7 Å². The third-order valence-electron chi connectivity index (χ3n) is 2.96. The quantitative estimate of drug-likeness (QED) is 0.844. The van der Waals surface area contributed by atoms with Crippen molar-refractivity contribution in [2.75, 3.05) is 13.7 Å². The minimum absolute atomic E-state index is 0.0516. The van der Waals surface area contributed by atoms with Crippen molar-refractivity contribution in [2.45, 2.75) is 46.3 Å². The maximum atomic E-state index is 5.71. The molecule has 4 heteroatoms. The standard InChI is InChI=1S/C14H25N3O/c1-6-7-17-12(11-8-15-10-16-9-11)13(18-5)14(2,3)4/h8-10,12-13,17H,6-7H2,1-5H3. The Labute approximate surface area is 110 Å². The van der Waals surface area contributed by atoms with Crippen molar-refractivity contribution in [1.29, 1.82) is 0 Å². The Morgan fingerprint density at radius 2 is 1.89 bits per heavy atom. The Bertz CT molecular complexity index is 335. The van der Waals surface area contributed by atoms with E-state index in [0.29, 0.717) is 0 Å². The van der Waals surface area contributed by atoms with Crippen molar-refractivity contribution in [1.82, 2.24) is 15.3 Å². The van der Waals surface area contributed by atoms with Crippen molar-refractivity contribution in [3.8, 4) is 0 Å². The molecule has 0 aliphatic heterocycles. The Balaban J connectivity index is 2.97. The van der Waals surface area contributed by atoms with Crippen LogP contribution < -0.4 is 5.32 Å². The lowest BCUT2D eigenvalue weighted by Crippen LogP contribution is -2.41. The van der Waals surface area contributed by atoms with Gasteiger partial charge in [0.05, 0.1) is 12.1 Å². The summed E-state index contributed by atoms with van der Waals surface area (Å²) < 4.78 is 5.71. The van der Waals surface area contributed by atoms with Gasteiger partial charge in [-0.1, -0.05) is 27.7 Å². The molecule has 1 heterocycles. The number of hydrogen-bond donors (Lipinski definition) is 1. The number of nitrogens with one attached hydrogen (secondary N) is 1. The first-order chi connectivity index (χ1) is 8.50. The van der Waals surface area contributed by atoms with Crippen LogP contribution in [-0.4, -0.2) is 29.7 Å². The highest BCUT2D eigenvalue weighted by Gasteiger charge is 2.33. The summed E-state index contributed by atoms with van der Waals surface area (Å²) in [6.45, 7) is 9.67. The summed E-state index contributed by atoms with van der Waals surface area (Å²) in [6.07, 6.45) is 6.44. The molecule has 1 rings (SSSR count). The molecule has 0 saturated carbocycles. The van der Waals surface area contributed by atoms with Crippen LogP contribution in [0.3, 0.4) is 0 Å². The first kappa shape index (κ1) is 15.1. The van der Waals surface area contributed by atoms with Gasteiger partial charge in [0.15, 0.2) is 0 Å². The average molecular weight is 251 g/mol. The molecule has 0 amide bonds. The van der Waals surface area contributed by atoms with Crippen molar-refractivity contribution in [2.24, 2.45) is 5.41 Å². The summed E-state index contributed by atoms with van der Waals surface area (Å²) in [7, 11) is 1.76. The van der Waals surface area contributed by atoms with Gasteiger partial charge in [0.1, 0.15) is 6.33 Å². The second kappa shape index (κ2) is 6.81. The van der Waals surface area contributed by atoms with Crippen LogP contribution in [0.4, 0.5) is 0 Å². The topological polar surface area (TPSA) is 47.0 Å². The van der Waals surface area contributed by atoms with Crippen molar-refractivity contribution in [3.63, 3.8) is 0 Å². The molecule has 4 nitrogen and oxygen atoms in total. The van der Waals surface area contributed by atoms with Crippen LogP contribution in [0.2, 0.25) is 0 Å². The van der Waals surface area contributed by atoms with Crippen LogP contribution in [0.25, 0.3) is 0 Å². The molecular weight excluding hydrogens is 226 g/mol. The Hall–Kier alpha value is -1.00. The van der Waals surface area contributed by atoms with E-state index < -0.39 is 0 Å². The van der Waals surface area contributed by atoms with Gasteiger partial charge in [0, 0.05) is 25.1 Å². The highest BCUT2D eigenvalue weighted by atomic mass is 16.5. The molecule has 18 heavy (non-hydrogen) atoms. The molecule has 0 bridgehead atoms. The molecule has 2 unspecified atom stereocenters. The number of nitrogens with zero attached hydrogens (tertiary/aromatic N) is 2. The lowest BCUT2D eigenvalue weighted by atomic mass is 9.82. The number of aromatic nitrogens is 2. The summed E-state index contributed by atoms with van der Waals surface area (Å²) >= 11 is 0. The predicted molar refractivity (Wildman–Crippen MR) is 73.3 cm³/mol. The zero-order valence-electron chi connectivity index (χ0n) is 12.1. The summed E-state index contributed by atoms with van der Waals surface area (Å²) in [5.41, 5.74) is 1.13. The number of ether oxygens (including phenoxy) is 1. The molecule has 0 spiro atoms. The normalized spacial score (nSPS) is 15.4. The second-order valence-corrected chi connectivity index (χ2v) is 5.63. The van der Waals surface area contributed by atoms with Gasteiger partial charge < -0.3 is 10.1 Å². The fourth-order valence-electron chi connectivity index (χ4n) is 2.16. The molecule has 1 aromatic heterocycles. The van der Waals surface area contributed by atoms with E-state index >= 15 is 0 Å². The van der Waals surface area contributed by atoms with E-state index in [1.807, 2.05) is 12.4 Å². The van der Waals surface area contributed by atoms with E-state index in [0.717, 1.165) is 18.5 Å². The van der Waals surface area contributed by atoms with Gasteiger partial charge in [-0.25, -0.2) is 9.97 Å². The smallest absolute Gasteiger partial charge is 0.115 e. The van der Waals surface area contributed by atoms with Gasteiger partial charge >= 0.3 is 0 Å². The van der Waals surface area contributed by atoms with Gasteiger partial charge in [-0.2, -0.15) is 0 Å². The summed E-state index contributed by atoms with van der Waals surface area (Å²) in [4.78, 5) is 8.21. The fraction of sp³-hybridized carbons (Fsp3) is 0.714. The molecule has 0 aliphatic rings. The summed E-state index contributed by atoms with van der Waals surface area (Å²) in [5, 5.41) is 3.54. The molecule has 0 saturated heterocycles. The van der Waals surface area contributed by atoms with Crippen molar-refractivity contribution in [3.05, 3.63) is 24.3 Å². The molecule has 0 fully saturated rings. The first-order valence-corrected chi connectivity index (χ1v) is 6.51. The predicted octanol–water partition coefficient (Wildman–Crippen LogP) is 2.58. The zero-order chi connectivity index (χ0) is 13.6. The van der Waals surface area contributed by atoms with Gasteiger partial charge in [-0.3, -0.25) is 0 Å². The molecule has 102 valence electrons. The Kier molecular flexibility index (Phi) is 5.69. The maximum absolute atomic E-state index is 5.71. The highest BCUT2D eigenvalue weighted by Crippen LogP contribution is 2.31. The van der Waals surface area contributed by atoms with E-state index in [9.17, 15) is 0 Å². The van der Waals surface area contributed by atoms with E-state index in [1.54, 1.807) is 13.4 Å². The highest BCUT2D eigenvalue weighted by molar-refractivity contribution is 5.12. The number of rotatable bonds is 6. The Morgan fingerprint density at radius 1 is 1.28 bits per heavy atom. The molecule has 0 radical (unpaired) electrons. The monoisotopic (exact) mass is 251 g/mol. The number of methoxy groups -OCH3 is 1. The summed E-state index contributed by atoms with van der Waals surface area (Å²) in [5.74, 6) is 0. The average Bonchev–Trinajstić information content (AvgIpc) is 2.34. The van der Waals surface area contributed by atoms with Crippen LogP contribution in [0, 0.1) is 5.41 Å². The van der Waals surface area contributed by atoms with Gasteiger partial charge in [0.2, 0.25) is 0 Å². The minimum Gasteiger partial charge on any atom is -0.379 e. The third-order valence-corrected chi connectivity index (χ3v) is 2.96. The van der Waals surface area contributed by atoms with Crippen molar-refractivity contribution >= 4 is 0 Å². The fourth-order valence-corrected chi connectivity index (χ4v) is 2.16. The summed E-state index contributed by atoms with van der Waals surface area (Å²) in [6, 6.07) is 0.121.